The topological polar surface area (TPSA) is 88.5 Å². The molecule has 0 radical (unpaired) electrons. The maximum absolute atomic E-state index is 15.1. The van der Waals surface area contributed by atoms with Gasteiger partial charge in [0.2, 0.25) is 0 Å². The summed E-state index contributed by atoms with van der Waals surface area (Å²) in [5.74, 6) is -1.31. The van der Waals surface area contributed by atoms with Crippen LogP contribution in [0, 0.1) is 12.7 Å². The van der Waals surface area contributed by atoms with E-state index in [9.17, 15) is 14.7 Å². The fourth-order valence-corrected chi connectivity index (χ4v) is 7.98. The minimum Gasteiger partial charge on any atom is -0.481 e. The van der Waals surface area contributed by atoms with Crippen LogP contribution >= 0.6 is 34.2 Å². The summed E-state index contributed by atoms with van der Waals surface area (Å²) in [4.78, 5) is 26.9. The molecule has 6 nitrogen and oxygen atoms in total. The van der Waals surface area contributed by atoms with Crippen molar-refractivity contribution in [3.63, 3.8) is 0 Å². The van der Waals surface area contributed by atoms with E-state index >= 15 is 4.39 Å². The fraction of sp³-hybridized carbons (Fsp3) is 0.207. The summed E-state index contributed by atoms with van der Waals surface area (Å²) in [5.41, 5.74) is 2.27. The Kier molecular flexibility index (Phi) is 6.49. The number of ether oxygens (including phenoxy) is 1. The van der Waals surface area contributed by atoms with Crippen molar-refractivity contribution in [2.45, 2.75) is 38.2 Å². The average molecular weight is 579 g/mol. The summed E-state index contributed by atoms with van der Waals surface area (Å²) < 4.78 is 27.1. The first-order chi connectivity index (χ1) is 18.7. The van der Waals surface area contributed by atoms with E-state index in [1.54, 1.807) is 23.5 Å². The molecular formula is C29H23FN2O4S3. The van der Waals surface area contributed by atoms with Crippen molar-refractivity contribution >= 4 is 61.4 Å². The Morgan fingerprint density at radius 1 is 1.05 bits per heavy atom. The molecule has 0 saturated heterocycles. The molecule has 1 atom stereocenters. The zero-order chi connectivity index (χ0) is 27.3. The monoisotopic (exact) mass is 578 g/mol. The van der Waals surface area contributed by atoms with E-state index in [-0.39, 0.29) is 0 Å². The van der Waals surface area contributed by atoms with Crippen LogP contribution in [0.4, 0.5) is 14.9 Å². The van der Waals surface area contributed by atoms with Crippen molar-refractivity contribution in [1.82, 2.24) is 4.37 Å². The number of carboxylic acids is 1. The van der Waals surface area contributed by atoms with Crippen LogP contribution in [-0.2, 0) is 14.9 Å². The maximum atomic E-state index is 15.1. The van der Waals surface area contributed by atoms with Crippen molar-refractivity contribution in [1.29, 1.82) is 0 Å². The summed E-state index contributed by atoms with van der Waals surface area (Å²) in [6.07, 6.45) is 0.124. The van der Waals surface area contributed by atoms with Gasteiger partial charge in [-0.3, -0.25) is 10.1 Å². The number of aliphatic carboxylic acids is 1. The summed E-state index contributed by atoms with van der Waals surface area (Å²) >= 11 is 4.33. The van der Waals surface area contributed by atoms with E-state index in [1.807, 2.05) is 56.3 Å². The Labute approximate surface area is 235 Å². The first-order valence-electron chi connectivity index (χ1n) is 12.3. The van der Waals surface area contributed by atoms with Gasteiger partial charge >= 0.3 is 12.1 Å². The number of benzene rings is 2. The third-order valence-corrected chi connectivity index (χ3v) is 10.5. The molecule has 0 aliphatic heterocycles. The number of rotatable bonds is 7. The smallest absolute Gasteiger partial charge is 0.412 e. The first kappa shape index (κ1) is 25.7. The van der Waals surface area contributed by atoms with Crippen LogP contribution in [0.3, 0.4) is 0 Å². The lowest BCUT2D eigenvalue weighted by Crippen LogP contribution is -2.19. The van der Waals surface area contributed by atoms with E-state index in [4.69, 9.17) is 4.74 Å². The lowest BCUT2D eigenvalue weighted by Gasteiger charge is -2.14. The highest BCUT2D eigenvalue weighted by Crippen LogP contribution is 2.50. The second-order valence-corrected chi connectivity index (χ2v) is 12.5. The Hall–Kier alpha value is -3.60. The molecule has 2 N–H and O–H groups in total. The summed E-state index contributed by atoms with van der Waals surface area (Å²) in [6, 6.07) is 18.3. The number of hydrogen-bond acceptors (Lipinski definition) is 7. The highest BCUT2D eigenvalue weighted by atomic mass is 32.1. The number of hydrogen-bond donors (Lipinski definition) is 2. The van der Waals surface area contributed by atoms with Crippen LogP contribution in [0.2, 0.25) is 0 Å². The van der Waals surface area contributed by atoms with Crippen LogP contribution in [0.15, 0.2) is 60.7 Å². The quantitative estimate of drug-likeness (QED) is 0.202. The third-order valence-electron chi connectivity index (χ3n) is 7.02. The highest BCUT2D eigenvalue weighted by Gasteiger charge is 2.51. The number of fused-ring (bicyclic) bond motifs is 1. The SMILES string of the molecule is Cc1nsc(-c2cc3sc(-c4ccc(C5(C(=O)O)CC5)cc4F)cc3s2)c1NC(=O)O[C@H](C)c1ccccc1. The molecule has 5 aromatic rings. The number of carbonyl (C=O) groups is 2. The molecule has 1 amide bonds. The van der Waals surface area contributed by atoms with E-state index in [1.165, 1.54) is 28.9 Å². The number of amides is 1. The van der Waals surface area contributed by atoms with Gasteiger partial charge in [0, 0.05) is 19.8 Å². The van der Waals surface area contributed by atoms with E-state index < -0.39 is 29.4 Å². The van der Waals surface area contributed by atoms with Gasteiger partial charge in [0.25, 0.3) is 0 Å². The molecule has 3 heterocycles. The van der Waals surface area contributed by atoms with Gasteiger partial charge in [-0.15, -0.1) is 22.7 Å². The number of nitrogens with zero attached hydrogens (tertiary/aromatic N) is 1. The zero-order valence-corrected chi connectivity index (χ0v) is 23.4. The van der Waals surface area contributed by atoms with Gasteiger partial charge in [-0.05, 0) is 67.5 Å². The maximum Gasteiger partial charge on any atom is 0.412 e. The lowest BCUT2D eigenvalue weighted by atomic mass is 9.94. The standard InChI is InChI=1S/C29H23FN2O4S3/c1-15-25(31-28(35)36-16(2)17-6-4-3-5-7-17)26(39-32-15)24-14-23-22(38-24)13-21(37-23)19-9-8-18(12-20(19)30)29(10-11-29)27(33)34/h3-9,12-14,16H,10-11H2,1-2H3,(H,31,35)(H,33,34)/t16-/m1/s1. The predicted octanol–water partition coefficient (Wildman–Crippen LogP) is 8.63. The van der Waals surface area contributed by atoms with Crippen molar-refractivity contribution < 1.29 is 23.8 Å². The van der Waals surface area contributed by atoms with Gasteiger partial charge in [-0.2, -0.15) is 4.37 Å². The molecule has 1 aliphatic rings. The molecule has 0 bridgehead atoms. The number of thiophene rings is 2. The number of aryl methyl sites for hydroxylation is 1. The van der Waals surface area contributed by atoms with Gasteiger partial charge in [-0.1, -0.05) is 42.5 Å². The van der Waals surface area contributed by atoms with Crippen LogP contribution in [0.5, 0.6) is 0 Å². The summed E-state index contributed by atoms with van der Waals surface area (Å²) in [5, 5.41) is 12.4. The van der Waals surface area contributed by atoms with Crippen LogP contribution in [-0.4, -0.2) is 21.5 Å². The average Bonchev–Trinajstić information content (AvgIpc) is 3.35. The molecule has 2 aromatic carbocycles. The molecule has 10 heteroatoms. The predicted molar refractivity (Wildman–Crippen MR) is 154 cm³/mol. The molecule has 1 fully saturated rings. The molecule has 0 unspecified atom stereocenters. The second kappa shape index (κ2) is 9.86. The Balaban J connectivity index is 1.22. The normalized spacial score (nSPS) is 14.7. The molecule has 198 valence electrons. The molecule has 6 rings (SSSR count). The van der Waals surface area contributed by atoms with Crippen molar-refractivity contribution in [3.05, 3.63) is 83.3 Å². The zero-order valence-electron chi connectivity index (χ0n) is 21.0. The highest BCUT2D eigenvalue weighted by molar-refractivity contribution is 7.32. The van der Waals surface area contributed by atoms with Gasteiger partial charge in [-0.25, -0.2) is 9.18 Å². The minimum absolute atomic E-state index is 0.402. The minimum atomic E-state index is -0.936. The second-order valence-electron chi connectivity index (χ2n) is 9.59. The summed E-state index contributed by atoms with van der Waals surface area (Å²) in [7, 11) is 0. The van der Waals surface area contributed by atoms with Gasteiger partial charge < -0.3 is 9.84 Å². The van der Waals surface area contributed by atoms with E-state index in [2.05, 4.69) is 9.69 Å². The molecule has 1 aliphatic carbocycles. The number of carbonyl (C=O) groups excluding carboxylic acids is 1. The molecular weight excluding hydrogens is 556 g/mol. The first-order valence-corrected chi connectivity index (χ1v) is 14.7. The largest absolute Gasteiger partial charge is 0.481 e. The van der Waals surface area contributed by atoms with Gasteiger partial charge in [0.1, 0.15) is 11.9 Å². The molecule has 0 spiro atoms. The van der Waals surface area contributed by atoms with Gasteiger partial charge in [0.15, 0.2) is 0 Å². The molecule has 3 aromatic heterocycles. The fourth-order valence-electron chi connectivity index (χ4n) is 4.61. The van der Waals surface area contributed by atoms with Crippen molar-refractivity contribution in [2.75, 3.05) is 5.32 Å². The number of aromatic nitrogens is 1. The van der Waals surface area contributed by atoms with Crippen LogP contribution < -0.4 is 5.32 Å². The molecule has 1 saturated carbocycles. The Morgan fingerprint density at radius 2 is 1.74 bits per heavy atom. The Bertz CT molecular complexity index is 1690. The van der Waals surface area contributed by atoms with Crippen molar-refractivity contribution in [2.24, 2.45) is 0 Å². The Morgan fingerprint density at radius 3 is 2.41 bits per heavy atom. The lowest BCUT2D eigenvalue weighted by molar-refractivity contribution is -0.140. The number of halogens is 1. The van der Waals surface area contributed by atoms with Crippen LogP contribution in [0.1, 0.15) is 42.7 Å². The summed E-state index contributed by atoms with van der Waals surface area (Å²) in [6.45, 7) is 3.67. The molecule has 39 heavy (non-hydrogen) atoms. The van der Waals surface area contributed by atoms with Crippen molar-refractivity contribution in [3.8, 4) is 20.2 Å². The number of anilines is 1. The van der Waals surface area contributed by atoms with Gasteiger partial charge in [0.05, 0.1) is 26.6 Å². The van der Waals surface area contributed by atoms with E-state index in [0.717, 1.165) is 29.6 Å². The van der Waals surface area contributed by atoms with Crippen LogP contribution in [0.25, 0.3) is 29.6 Å². The number of carboxylic acid groups (broad SMARTS) is 1. The number of nitrogens with one attached hydrogen (secondary N) is 1. The van der Waals surface area contributed by atoms with E-state index in [0.29, 0.717) is 35.3 Å². The third kappa shape index (κ3) is 4.73.